The summed E-state index contributed by atoms with van der Waals surface area (Å²) >= 11 is 0. The maximum Gasteiger partial charge on any atom is 0.381 e. The summed E-state index contributed by atoms with van der Waals surface area (Å²) in [6, 6.07) is 0. The van der Waals surface area contributed by atoms with Gasteiger partial charge in [0.1, 0.15) is 0 Å². The van der Waals surface area contributed by atoms with Crippen LogP contribution in [0, 0.1) is 5.41 Å². The van der Waals surface area contributed by atoms with E-state index in [4.69, 9.17) is 9.47 Å². The van der Waals surface area contributed by atoms with E-state index in [-0.39, 0.29) is 11.1 Å². The molecule has 6 nitrogen and oxygen atoms in total. The van der Waals surface area contributed by atoms with Gasteiger partial charge in [0, 0.05) is 11.1 Å². The molecular formula is C13H20O6. The molecule has 0 bridgehead atoms. The van der Waals surface area contributed by atoms with Gasteiger partial charge in [0.15, 0.2) is 0 Å². The minimum absolute atomic E-state index is 0.0125. The van der Waals surface area contributed by atoms with Crippen molar-refractivity contribution >= 4 is 11.9 Å². The van der Waals surface area contributed by atoms with Crippen LogP contribution >= 0.6 is 0 Å². The number of ether oxygens (including phenoxy) is 2. The Kier molecular flexibility index (Phi) is 5.46. The van der Waals surface area contributed by atoms with Gasteiger partial charge < -0.3 is 19.7 Å². The van der Waals surface area contributed by atoms with E-state index in [1.807, 2.05) is 0 Å². The van der Waals surface area contributed by atoms with Crippen LogP contribution in [-0.4, -0.2) is 34.7 Å². The fourth-order valence-corrected chi connectivity index (χ4v) is 0.823. The Morgan fingerprint density at radius 2 is 1.37 bits per heavy atom. The minimum atomic E-state index is -2.62. The molecule has 0 saturated carbocycles. The van der Waals surface area contributed by atoms with Crippen LogP contribution in [0.5, 0.6) is 0 Å². The summed E-state index contributed by atoms with van der Waals surface area (Å²) in [5.41, 5.74) is -1.40. The summed E-state index contributed by atoms with van der Waals surface area (Å²) in [4.78, 5) is 23.0. The summed E-state index contributed by atoms with van der Waals surface area (Å²) in [7, 11) is 0. The Morgan fingerprint density at radius 3 is 1.58 bits per heavy atom. The Hall–Kier alpha value is -1.66. The molecule has 0 amide bonds. The molecule has 2 N–H and O–H groups in total. The van der Waals surface area contributed by atoms with E-state index in [1.54, 1.807) is 0 Å². The molecule has 0 aliphatic rings. The number of aliphatic hydroxyl groups is 2. The quantitative estimate of drug-likeness (QED) is 0.424. The first-order chi connectivity index (χ1) is 8.47. The largest absolute Gasteiger partial charge is 0.395 e. The molecule has 0 heterocycles. The molecule has 0 spiro atoms. The number of hydrogen-bond acceptors (Lipinski definition) is 6. The molecule has 108 valence electrons. The number of hydrogen-bond donors (Lipinski definition) is 2. The van der Waals surface area contributed by atoms with Crippen molar-refractivity contribution in [1.29, 1.82) is 0 Å². The fourth-order valence-electron chi connectivity index (χ4n) is 0.823. The second-order valence-corrected chi connectivity index (χ2v) is 4.96. The van der Waals surface area contributed by atoms with Crippen LogP contribution in [0.15, 0.2) is 24.3 Å². The normalized spacial score (nSPS) is 11.7. The highest BCUT2D eigenvalue weighted by Crippen LogP contribution is 2.34. The highest BCUT2D eigenvalue weighted by molar-refractivity contribution is 5.88. The third-order valence-electron chi connectivity index (χ3n) is 2.41. The molecule has 0 saturated heterocycles. The average Bonchev–Trinajstić information content (AvgIpc) is 2.27. The van der Waals surface area contributed by atoms with Crippen molar-refractivity contribution in [3.8, 4) is 0 Å². The molecule has 0 aromatic heterocycles. The lowest BCUT2D eigenvalue weighted by molar-refractivity contribution is -0.373. The fraction of sp³-hybridized carbons (Fsp3) is 0.538. The number of carbonyl (C=O) groups excluding carboxylic acids is 2. The molecule has 0 aliphatic carbocycles. The van der Waals surface area contributed by atoms with Gasteiger partial charge in [0.05, 0.1) is 12.0 Å². The second kappa shape index (κ2) is 5.99. The van der Waals surface area contributed by atoms with Crippen LogP contribution in [0.4, 0.5) is 0 Å². The summed E-state index contributed by atoms with van der Waals surface area (Å²) < 4.78 is 9.50. The molecule has 0 atom stereocenters. The minimum Gasteiger partial charge on any atom is -0.395 e. The number of carbonyl (C=O) groups is 2. The Balaban J connectivity index is 5.37. The van der Waals surface area contributed by atoms with Gasteiger partial charge in [-0.25, -0.2) is 9.59 Å². The van der Waals surface area contributed by atoms with Crippen LogP contribution in [0.2, 0.25) is 0 Å². The van der Waals surface area contributed by atoms with Crippen molar-refractivity contribution in [2.24, 2.45) is 5.41 Å². The molecule has 0 fully saturated rings. The van der Waals surface area contributed by atoms with Gasteiger partial charge in [-0.15, -0.1) is 0 Å². The third kappa shape index (κ3) is 4.18. The smallest absolute Gasteiger partial charge is 0.381 e. The van der Waals surface area contributed by atoms with Crippen molar-refractivity contribution < 1.29 is 29.3 Å². The summed E-state index contributed by atoms with van der Waals surface area (Å²) in [5.74, 6) is -4.51. The van der Waals surface area contributed by atoms with E-state index < -0.39 is 29.9 Å². The first-order valence-corrected chi connectivity index (χ1v) is 5.58. The van der Waals surface area contributed by atoms with Gasteiger partial charge in [0.2, 0.25) is 0 Å². The van der Waals surface area contributed by atoms with E-state index in [0.29, 0.717) is 0 Å². The molecule has 0 aromatic rings. The molecule has 0 unspecified atom stereocenters. The maximum absolute atomic E-state index is 11.5. The van der Waals surface area contributed by atoms with Gasteiger partial charge in [-0.3, -0.25) is 0 Å². The number of esters is 2. The summed E-state index contributed by atoms with van der Waals surface area (Å²) in [5, 5.41) is 19.5. The Bertz CT molecular complexity index is 379. The van der Waals surface area contributed by atoms with E-state index in [9.17, 15) is 19.8 Å². The summed E-state index contributed by atoms with van der Waals surface area (Å²) in [6.45, 7) is 11.6. The van der Waals surface area contributed by atoms with Crippen molar-refractivity contribution in [2.75, 3.05) is 6.61 Å². The molecule has 0 rings (SSSR count). The highest BCUT2D eigenvalue weighted by Gasteiger charge is 2.51. The van der Waals surface area contributed by atoms with Crippen LogP contribution in [0.25, 0.3) is 0 Å². The second-order valence-electron chi connectivity index (χ2n) is 4.96. The van der Waals surface area contributed by atoms with E-state index in [0.717, 1.165) is 0 Å². The molecule has 6 heteroatoms. The van der Waals surface area contributed by atoms with E-state index >= 15 is 0 Å². The van der Waals surface area contributed by atoms with Crippen LogP contribution < -0.4 is 0 Å². The molecule has 0 aliphatic heterocycles. The lowest BCUT2D eigenvalue weighted by Crippen LogP contribution is -2.53. The van der Waals surface area contributed by atoms with Gasteiger partial charge in [-0.05, 0) is 27.7 Å². The molecule has 0 aromatic carbocycles. The van der Waals surface area contributed by atoms with Crippen molar-refractivity contribution in [2.45, 2.75) is 33.7 Å². The summed E-state index contributed by atoms with van der Waals surface area (Å²) in [6.07, 6.45) is 0. The van der Waals surface area contributed by atoms with Crippen LogP contribution in [0.1, 0.15) is 27.7 Å². The predicted octanol–water partition coefficient (Wildman–Crippen LogP) is 0.890. The molecule has 19 heavy (non-hydrogen) atoms. The zero-order valence-electron chi connectivity index (χ0n) is 11.6. The van der Waals surface area contributed by atoms with E-state index in [2.05, 4.69) is 13.2 Å². The first kappa shape index (κ1) is 17.3. The Labute approximate surface area is 112 Å². The number of aliphatic hydroxyl groups excluding tert-OH is 1. The zero-order chi connectivity index (χ0) is 15.4. The third-order valence-corrected chi connectivity index (χ3v) is 2.41. The molecular weight excluding hydrogens is 252 g/mol. The van der Waals surface area contributed by atoms with Crippen molar-refractivity contribution in [1.82, 2.24) is 0 Å². The maximum atomic E-state index is 11.5. The van der Waals surface area contributed by atoms with Gasteiger partial charge in [-0.2, -0.15) is 0 Å². The number of rotatable bonds is 6. The first-order valence-electron chi connectivity index (χ1n) is 5.58. The average molecular weight is 272 g/mol. The topological polar surface area (TPSA) is 93.1 Å². The van der Waals surface area contributed by atoms with Crippen LogP contribution in [-0.2, 0) is 19.1 Å². The standard InChI is InChI=1S/C13H20O6/c1-8(2)10(15)18-13(17,12(5,6)7-14)19-11(16)9(3)4/h14,17H,1,3,7H2,2,4-6H3. The van der Waals surface area contributed by atoms with Gasteiger partial charge >= 0.3 is 17.9 Å². The van der Waals surface area contributed by atoms with Gasteiger partial charge in [0.25, 0.3) is 0 Å². The van der Waals surface area contributed by atoms with Crippen molar-refractivity contribution in [3.63, 3.8) is 0 Å². The molecule has 0 radical (unpaired) electrons. The monoisotopic (exact) mass is 272 g/mol. The highest BCUT2D eigenvalue weighted by atomic mass is 16.8. The SMILES string of the molecule is C=C(C)C(=O)OC(O)(OC(=O)C(=C)C)C(C)(C)CO. The zero-order valence-corrected chi connectivity index (χ0v) is 11.6. The van der Waals surface area contributed by atoms with E-state index in [1.165, 1.54) is 27.7 Å². The van der Waals surface area contributed by atoms with Crippen molar-refractivity contribution in [3.05, 3.63) is 24.3 Å². The lowest BCUT2D eigenvalue weighted by Gasteiger charge is -2.38. The predicted molar refractivity (Wildman–Crippen MR) is 67.6 cm³/mol. The van der Waals surface area contributed by atoms with Crippen LogP contribution in [0.3, 0.4) is 0 Å². The Morgan fingerprint density at radius 1 is 1.05 bits per heavy atom. The van der Waals surface area contributed by atoms with Gasteiger partial charge in [-0.1, -0.05) is 13.2 Å². The lowest BCUT2D eigenvalue weighted by atomic mass is 9.91.